The summed E-state index contributed by atoms with van der Waals surface area (Å²) in [6, 6.07) is 31.5. The molecular weight excluding hydrogens is 1600 g/mol. The van der Waals surface area contributed by atoms with Gasteiger partial charge in [-0.1, -0.05) is 49.9 Å². The minimum absolute atomic E-state index is 0.0980. The second kappa shape index (κ2) is 63.3. The number of hydrogen-bond acceptors (Lipinski definition) is 30. The number of aliphatic hydroxyl groups excluding tert-OH is 5. The summed E-state index contributed by atoms with van der Waals surface area (Å²) in [5.41, 5.74) is 2.50. The number of carbonyl (C=O) groups excluding carboxylic acids is 13. The second-order valence-corrected chi connectivity index (χ2v) is 26.9. The quantitative estimate of drug-likeness (QED) is 0.00894. The fourth-order valence-electron chi connectivity index (χ4n) is 10.2. The Morgan fingerprint density at radius 2 is 0.412 bits per heavy atom. The highest BCUT2D eigenvalue weighted by Gasteiger charge is 2.19. The van der Waals surface area contributed by atoms with Crippen molar-refractivity contribution in [1.29, 1.82) is 0 Å². The molecule has 6 aromatic carbocycles. The number of esters is 11. The first-order chi connectivity index (χ1) is 57.4. The van der Waals surface area contributed by atoms with Crippen molar-refractivity contribution in [2.24, 2.45) is 0 Å². The van der Waals surface area contributed by atoms with E-state index in [1.165, 1.54) is 36.4 Å². The normalized spacial score (nSPS) is 10.5. The molecule has 31 nitrogen and oxygen atoms in total. The molecule has 0 spiro atoms. The Hall–Kier alpha value is -10.8. The number of halogens is 2. The third-order valence-electron chi connectivity index (χ3n) is 16.6. The Kier molecular flexibility index (Phi) is 54.5. The summed E-state index contributed by atoms with van der Waals surface area (Å²) in [5.74, 6) is -7.64. The first kappa shape index (κ1) is 102. The van der Waals surface area contributed by atoms with Crippen molar-refractivity contribution in [3.05, 3.63) is 166 Å². The molecular formula is C86H106Cl2O31. The predicted molar refractivity (Wildman–Crippen MR) is 432 cm³/mol. The molecule has 0 bridgehead atoms. The average molecular weight is 1710 g/mol. The lowest BCUT2D eigenvalue weighted by Crippen LogP contribution is -2.17. The van der Waals surface area contributed by atoms with Crippen LogP contribution in [0.1, 0.15) is 237 Å². The van der Waals surface area contributed by atoms with Gasteiger partial charge in [0.2, 0.25) is 10.5 Å². The summed E-state index contributed by atoms with van der Waals surface area (Å²) in [4.78, 5) is 163. The maximum absolute atomic E-state index is 12.4. The summed E-state index contributed by atoms with van der Waals surface area (Å²) in [5, 5.41) is 54.5. The van der Waals surface area contributed by atoms with Crippen LogP contribution in [0.2, 0.25) is 0 Å². The number of fused-ring (bicyclic) bond motifs is 2. The van der Waals surface area contributed by atoms with Gasteiger partial charge in [-0.25, -0.2) is 38.4 Å². The summed E-state index contributed by atoms with van der Waals surface area (Å²) in [7, 11) is 0. The van der Waals surface area contributed by atoms with E-state index in [0.29, 0.717) is 90.7 Å². The zero-order chi connectivity index (χ0) is 87.2. The van der Waals surface area contributed by atoms with E-state index in [9.17, 15) is 67.1 Å². The van der Waals surface area contributed by atoms with Crippen LogP contribution >= 0.6 is 23.2 Å². The van der Waals surface area contributed by atoms with Crippen molar-refractivity contribution >= 4 is 127 Å². The highest BCUT2D eigenvalue weighted by Crippen LogP contribution is 2.23. The molecule has 0 unspecified atom stereocenters. The van der Waals surface area contributed by atoms with Crippen molar-refractivity contribution in [2.45, 2.75) is 154 Å². The molecule has 0 fully saturated rings. The van der Waals surface area contributed by atoms with Crippen molar-refractivity contribution in [2.75, 3.05) is 106 Å². The standard InChI is InChI=1S/C36H36O17.C24H32O6.C20H30O6.C6H8Cl2O2/c37-13-14-50-35(45)27-7-5-26-22-28(8-6-25(26)21-27)36(46)53-20-17-49-32(42)12-11-31(41)48-16-19-52-34(44)24-3-1-23(2-4-24)33(43)51-18-15-47-30(40)10-9-29(38)39;25-13-5-1-3-7-15-29-23(27)21-11-9-20-18-22(12-10-19(20)17-21)24(28)30-16-8-4-2-6-14-26;21-13-5-1-3-7-15-25-19(23)17-9-11-18(12-10-17)20(24)26-16-8-4-2-6-14-22;7-5(9)3-1-2-4-6(8)10/h1-8,21-22,37H,9-20H2,(H,38,39);9-12,17-18,25-26H,1-8,13-16H2;9-12,21-22H,1-8,13-16H2;1-4H2. The van der Waals surface area contributed by atoms with E-state index >= 15 is 0 Å². The molecule has 0 aliphatic heterocycles. The summed E-state index contributed by atoms with van der Waals surface area (Å²) in [6.45, 7) is 0.240. The predicted octanol–water partition coefficient (Wildman–Crippen LogP) is 11.9. The van der Waals surface area contributed by atoms with Crippen LogP contribution in [0, 0.1) is 0 Å². The van der Waals surface area contributed by atoms with E-state index in [2.05, 4.69) is 0 Å². The first-order valence-corrected chi connectivity index (χ1v) is 39.9. The van der Waals surface area contributed by atoms with Crippen molar-refractivity contribution in [3.63, 3.8) is 0 Å². The van der Waals surface area contributed by atoms with Crippen LogP contribution in [-0.4, -0.2) is 218 Å². The van der Waals surface area contributed by atoms with Gasteiger partial charge in [0.15, 0.2) is 0 Å². The molecule has 650 valence electrons. The molecule has 0 saturated carbocycles. The Morgan fingerprint density at radius 1 is 0.210 bits per heavy atom. The van der Waals surface area contributed by atoms with E-state index < -0.39 is 59.7 Å². The number of ether oxygens (including phenoxy) is 11. The largest absolute Gasteiger partial charge is 0.481 e. The lowest BCUT2D eigenvalue weighted by molar-refractivity contribution is -0.151. The number of benzene rings is 6. The number of hydrogen-bond donors (Lipinski definition) is 6. The molecule has 0 heterocycles. The highest BCUT2D eigenvalue weighted by atomic mass is 35.5. The van der Waals surface area contributed by atoms with Gasteiger partial charge in [0.25, 0.3) is 0 Å². The number of rotatable bonds is 54. The van der Waals surface area contributed by atoms with Crippen LogP contribution in [-0.2, 0) is 80.9 Å². The van der Waals surface area contributed by atoms with Crippen LogP contribution in [0.15, 0.2) is 121 Å². The van der Waals surface area contributed by atoms with E-state index in [0.717, 1.165) is 114 Å². The lowest BCUT2D eigenvalue weighted by Gasteiger charge is -2.09. The number of aliphatic hydroxyl groups is 5. The molecule has 0 aliphatic carbocycles. The van der Waals surface area contributed by atoms with E-state index in [1.54, 1.807) is 84.9 Å². The smallest absolute Gasteiger partial charge is 0.338 e. The number of carboxylic acids is 1. The summed E-state index contributed by atoms with van der Waals surface area (Å²) < 4.78 is 55.7. The zero-order valence-electron chi connectivity index (χ0n) is 66.5. The van der Waals surface area contributed by atoms with Crippen molar-refractivity contribution in [1.82, 2.24) is 0 Å². The Morgan fingerprint density at radius 3 is 0.639 bits per heavy atom. The van der Waals surface area contributed by atoms with Crippen molar-refractivity contribution < 1.29 is 150 Å². The van der Waals surface area contributed by atoms with Crippen molar-refractivity contribution in [3.8, 4) is 0 Å². The summed E-state index contributed by atoms with van der Waals surface area (Å²) >= 11 is 10.1. The molecule has 0 aromatic heterocycles. The van der Waals surface area contributed by atoms with Gasteiger partial charge in [-0.2, -0.15) is 0 Å². The number of carboxylic acid groups (broad SMARTS) is 1. The maximum Gasteiger partial charge on any atom is 0.338 e. The molecule has 0 aliphatic rings. The van der Waals surface area contributed by atoms with Gasteiger partial charge in [0.1, 0.15) is 46.2 Å². The highest BCUT2D eigenvalue weighted by molar-refractivity contribution is 6.63. The van der Waals surface area contributed by atoms with Gasteiger partial charge in [0.05, 0.1) is 103 Å². The van der Waals surface area contributed by atoms with Gasteiger partial charge >= 0.3 is 71.6 Å². The Bertz CT molecular complexity index is 3990. The average Bonchev–Trinajstić information content (AvgIpc) is 0.817. The van der Waals surface area contributed by atoms with Gasteiger partial charge in [-0.3, -0.25) is 28.8 Å². The Labute approximate surface area is 699 Å². The van der Waals surface area contributed by atoms with Gasteiger partial charge in [-0.05, 0) is 232 Å². The third kappa shape index (κ3) is 46.8. The molecule has 6 rings (SSSR count). The molecule has 33 heteroatoms. The molecule has 119 heavy (non-hydrogen) atoms. The van der Waals surface area contributed by atoms with Crippen LogP contribution in [0.25, 0.3) is 21.5 Å². The van der Waals surface area contributed by atoms with Crippen LogP contribution < -0.4 is 0 Å². The number of unbranched alkanes of at least 4 members (excludes halogenated alkanes) is 13. The van der Waals surface area contributed by atoms with Crippen LogP contribution in [0.5, 0.6) is 0 Å². The molecule has 6 N–H and O–H groups in total. The fourth-order valence-corrected chi connectivity index (χ4v) is 10.5. The van der Waals surface area contributed by atoms with Gasteiger partial charge in [-0.15, -0.1) is 0 Å². The van der Waals surface area contributed by atoms with Gasteiger partial charge in [0, 0.05) is 39.3 Å². The molecule has 0 radical (unpaired) electrons. The molecule has 0 amide bonds. The molecule has 0 atom stereocenters. The van der Waals surface area contributed by atoms with Crippen LogP contribution in [0.4, 0.5) is 0 Å². The lowest BCUT2D eigenvalue weighted by atomic mass is 10.0. The minimum atomic E-state index is -1.14. The number of carbonyl (C=O) groups is 14. The van der Waals surface area contributed by atoms with Crippen LogP contribution in [0.3, 0.4) is 0 Å². The fraction of sp³-hybridized carbons (Fsp3) is 0.465. The first-order valence-electron chi connectivity index (χ1n) is 39.2. The SMILES string of the molecule is O=C(Cl)CCCCC(=O)Cl.O=C(O)CCC(=O)OCCOC(=O)c1ccc(C(=O)OCCOC(=O)CCC(=O)OCCOC(=O)c2ccc3cc(C(=O)OCCO)ccc3c2)cc1.O=C(OCCCCCCO)c1ccc(C(=O)OCCCCCCO)cc1.O=C(OCCCCCCO)c1ccc2cc(C(=O)OCCCCCCO)ccc2c1. The van der Waals surface area contributed by atoms with E-state index in [1.807, 2.05) is 0 Å². The monoisotopic (exact) mass is 1700 g/mol. The van der Waals surface area contributed by atoms with E-state index in [-0.39, 0.29) is 144 Å². The molecule has 6 aromatic rings. The van der Waals surface area contributed by atoms with Gasteiger partial charge < -0.3 is 82.7 Å². The number of aliphatic carboxylic acids is 1. The minimum Gasteiger partial charge on any atom is -0.481 e. The third-order valence-corrected chi connectivity index (χ3v) is 17.0. The molecule has 0 saturated heterocycles. The topological polar surface area (TPSA) is 462 Å². The Balaban J connectivity index is 0.000000467. The second-order valence-electron chi connectivity index (χ2n) is 26.0. The summed E-state index contributed by atoms with van der Waals surface area (Å²) in [6.07, 6.45) is 14.2. The van der Waals surface area contributed by atoms with E-state index in [4.69, 9.17) is 106 Å². The maximum atomic E-state index is 12.4. The zero-order valence-corrected chi connectivity index (χ0v) is 68.0.